The summed E-state index contributed by atoms with van der Waals surface area (Å²) in [6.07, 6.45) is 2.78. The minimum atomic E-state index is -0.124. The van der Waals surface area contributed by atoms with E-state index in [0.717, 1.165) is 25.0 Å². The van der Waals surface area contributed by atoms with Crippen LogP contribution >= 0.6 is 0 Å². The molecule has 2 aromatic rings. The summed E-state index contributed by atoms with van der Waals surface area (Å²) in [7, 11) is 0. The Balaban J connectivity index is 1.53. The average molecular weight is 366 g/mol. The zero-order valence-electron chi connectivity index (χ0n) is 15.9. The normalized spacial score (nSPS) is 14.7. The number of nitrogens with zero attached hydrogens (tertiary/aromatic N) is 1. The molecule has 1 fully saturated rings. The first-order valence-electron chi connectivity index (χ1n) is 9.47. The highest BCUT2D eigenvalue weighted by Crippen LogP contribution is 2.22. The van der Waals surface area contributed by atoms with Crippen molar-refractivity contribution in [1.82, 2.24) is 4.90 Å². The molecule has 27 heavy (non-hydrogen) atoms. The van der Waals surface area contributed by atoms with Crippen molar-refractivity contribution in [2.75, 3.05) is 18.4 Å². The van der Waals surface area contributed by atoms with Crippen molar-refractivity contribution in [3.8, 4) is 5.75 Å². The summed E-state index contributed by atoms with van der Waals surface area (Å²) < 4.78 is 6.11. The summed E-state index contributed by atoms with van der Waals surface area (Å²) in [6, 6.07) is 15.2. The van der Waals surface area contributed by atoms with Gasteiger partial charge in [0.1, 0.15) is 11.9 Å². The maximum atomic E-state index is 12.7. The van der Waals surface area contributed by atoms with E-state index in [-0.39, 0.29) is 17.9 Å². The predicted molar refractivity (Wildman–Crippen MR) is 106 cm³/mol. The van der Waals surface area contributed by atoms with Crippen molar-refractivity contribution in [3.63, 3.8) is 0 Å². The average Bonchev–Trinajstić information content (AvgIpc) is 2.68. The van der Waals surface area contributed by atoms with Crippen molar-refractivity contribution in [2.24, 2.45) is 0 Å². The van der Waals surface area contributed by atoms with Crippen molar-refractivity contribution < 1.29 is 14.3 Å². The van der Waals surface area contributed by atoms with Gasteiger partial charge in [-0.2, -0.15) is 0 Å². The van der Waals surface area contributed by atoms with Crippen LogP contribution < -0.4 is 10.1 Å². The Morgan fingerprint density at radius 3 is 2.44 bits per heavy atom. The number of hydrogen-bond acceptors (Lipinski definition) is 3. The molecular weight excluding hydrogens is 340 g/mol. The van der Waals surface area contributed by atoms with Crippen LogP contribution in [0.2, 0.25) is 0 Å². The monoisotopic (exact) mass is 366 g/mol. The number of carbonyl (C=O) groups excluding carboxylic acids is 2. The van der Waals surface area contributed by atoms with Crippen molar-refractivity contribution in [2.45, 2.75) is 39.2 Å². The lowest BCUT2D eigenvalue weighted by molar-refractivity contribution is -0.114. The van der Waals surface area contributed by atoms with E-state index >= 15 is 0 Å². The summed E-state index contributed by atoms with van der Waals surface area (Å²) in [5, 5.41) is 2.71. The molecule has 0 radical (unpaired) electrons. The number of likely N-dealkylation sites (tertiary alicyclic amines) is 1. The second-order valence-corrected chi connectivity index (χ2v) is 6.87. The fourth-order valence-electron chi connectivity index (χ4n) is 3.29. The molecule has 0 saturated carbocycles. The van der Waals surface area contributed by atoms with Gasteiger partial charge >= 0.3 is 0 Å². The molecule has 0 atom stereocenters. The van der Waals surface area contributed by atoms with Crippen LogP contribution in [0.5, 0.6) is 5.75 Å². The minimum Gasteiger partial charge on any atom is -0.490 e. The third kappa shape index (κ3) is 5.09. The van der Waals surface area contributed by atoms with E-state index in [2.05, 4.69) is 24.4 Å². The maximum absolute atomic E-state index is 12.7. The van der Waals surface area contributed by atoms with Gasteiger partial charge in [-0.05, 0) is 48.4 Å². The Morgan fingerprint density at radius 1 is 1.11 bits per heavy atom. The first-order valence-corrected chi connectivity index (χ1v) is 9.47. The van der Waals surface area contributed by atoms with Crippen LogP contribution in [0, 0.1) is 0 Å². The van der Waals surface area contributed by atoms with Crippen LogP contribution in [-0.2, 0) is 11.2 Å². The number of ether oxygens (including phenoxy) is 1. The van der Waals surface area contributed by atoms with Gasteiger partial charge in [-0.3, -0.25) is 9.59 Å². The SMILES string of the molecule is CCc1cccc(OC2CCN(C(=O)c3ccc(NC(C)=O)cc3)CC2)c1. The number of anilines is 1. The van der Waals surface area contributed by atoms with Gasteiger partial charge in [-0.1, -0.05) is 19.1 Å². The lowest BCUT2D eigenvalue weighted by Crippen LogP contribution is -2.41. The molecule has 5 heteroatoms. The van der Waals surface area contributed by atoms with Crippen LogP contribution in [-0.4, -0.2) is 35.9 Å². The van der Waals surface area contributed by atoms with E-state index in [4.69, 9.17) is 4.74 Å². The number of carbonyl (C=O) groups is 2. The molecule has 0 aliphatic carbocycles. The van der Waals surface area contributed by atoms with Gasteiger partial charge < -0.3 is 15.0 Å². The molecule has 1 saturated heterocycles. The van der Waals surface area contributed by atoms with E-state index in [1.165, 1.54) is 12.5 Å². The third-order valence-electron chi connectivity index (χ3n) is 4.79. The molecule has 1 heterocycles. The molecular formula is C22H26N2O3. The summed E-state index contributed by atoms with van der Waals surface area (Å²) in [5.74, 6) is 0.809. The zero-order chi connectivity index (χ0) is 19.2. The fourth-order valence-corrected chi connectivity index (χ4v) is 3.29. The number of piperidine rings is 1. The van der Waals surface area contributed by atoms with Gasteiger partial charge in [-0.25, -0.2) is 0 Å². The lowest BCUT2D eigenvalue weighted by atomic mass is 10.1. The quantitative estimate of drug-likeness (QED) is 0.873. The Bertz CT molecular complexity index is 793. The highest BCUT2D eigenvalue weighted by atomic mass is 16.5. The van der Waals surface area contributed by atoms with E-state index in [9.17, 15) is 9.59 Å². The van der Waals surface area contributed by atoms with E-state index in [1.807, 2.05) is 17.0 Å². The van der Waals surface area contributed by atoms with Crippen LogP contribution in [0.4, 0.5) is 5.69 Å². The van der Waals surface area contributed by atoms with E-state index in [1.54, 1.807) is 24.3 Å². The molecule has 2 aromatic carbocycles. The smallest absolute Gasteiger partial charge is 0.253 e. The molecule has 1 N–H and O–H groups in total. The van der Waals surface area contributed by atoms with Crippen LogP contribution in [0.3, 0.4) is 0 Å². The van der Waals surface area contributed by atoms with Crippen molar-refractivity contribution in [1.29, 1.82) is 0 Å². The van der Waals surface area contributed by atoms with Gasteiger partial charge in [0, 0.05) is 44.1 Å². The molecule has 0 aromatic heterocycles. The first kappa shape index (κ1) is 19.0. The standard InChI is InChI=1S/C22H26N2O3/c1-3-17-5-4-6-21(15-17)27-20-11-13-24(14-12-20)22(26)18-7-9-19(10-8-18)23-16(2)25/h4-10,15,20H,3,11-14H2,1-2H3,(H,23,25). The number of hydrogen-bond donors (Lipinski definition) is 1. The number of amides is 2. The highest BCUT2D eigenvalue weighted by molar-refractivity contribution is 5.95. The number of aryl methyl sites for hydroxylation is 1. The van der Waals surface area contributed by atoms with Crippen LogP contribution in [0.1, 0.15) is 42.6 Å². The number of nitrogens with one attached hydrogen (secondary N) is 1. The van der Waals surface area contributed by atoms with Crippen molar-refractivity contribution in [3.05, 3.63) is 59.7 Å². The topological polar surface area (TPSA) is 58.6 Å². The van der Waals surface area contributed by atoms with E-state index < -0.39 is 0 Å². The molecule has 1 aliphatic rings. The molecule has 5 nitrogen and oxygen atoms in total. The number of rotatable bonds is 5. The van der Waals surface area contributed by atoms with Gasteiger partial charge in [0.05, 0.1) is 0 Å². The molecule has 0 unspecified atom stereocenters. The molecule has 3 rings (SSSR count). The van der Waals surface area contributed by atoms with Gasteiger partial charge in [0.25, 0.3) is 5.91 Å². The summed E-state index contributed by atoms with van der Waals surface area (Å²) in [6.45, 7) is 4.96. The highest BCUT2D eigenvalue weighted by Gasteiger charge is 2.24. The fraction of sp³-hybridized carbons (Fsp3) is 0.364. The number of benzene rings is 2. The maximum Gasteiger partial charge on any atom is 0.253 e. The zero-order valence-corrected chi connectivity index (χ0v) is 15.9. The summed E-state index contributed by atoms with van der Waals surface area (Å²) in [4.78, 5) is 25.6. The molecule has 142 valence electrons. The van der Waals surface area contributed by atoms with Gasteiger partial charge in [0.15, 0.2) is 0 Å². The second kappa shape index (κ2) is 8.71. The Hall–Kier alpha value is -2.82. The Labute approximate surface area is 160 Å². The molecule has 1 aliphatic heterocycles. The Kier molecular flexibility index (Phi) is 6.12. The molecule has 0 spiro atoms. The van der Waals surface area contributed by atoms with Crippen LogP contribution in [0.25, 0.3) is 0 Å². The largest absolute Gasteiger partial charge is 0.490 e. The molecule has 2 amide bonds. The van der Waals surface area contributed by atoms with E-state index in [0.29, 0.717) is 24.3 Å². The summed E-state index contributed by atoms with van der Waals surface area (Å²) >= 11 is 0. The van der Waals surface area contributed by atoms with Gasteiger partial charge in [0.2, 0.25) is 5.91 Å². The van der Waals surface area contributed by atoms with Gasteiger partial charge in [-0.15, -0.1) is 0 Å². The van der Waals surface area contributed by atoms with Crippen molar-refractivity contribution >= 4 is 17.5 Å². The first-order chi connectivity index (χ1) is 13.0. The van der Waals surface area contributed by atoms with Crippen LogP contribution in [0.15, 0.2) is 48.5 Å². The lowest BCUT2D eigenvalue weighted by Gasteiger charge is -2.32. The summed E-state index contributed by atoms with van der Waals surface area (Å²) in [5.41, 5.74) is 2.60. The Morgan fingerprint density at radius 2 is 1.81 bits per heavy atom. The third-order valence-corrected chi connectivity index (χ3v) is 4.79. The minimum absolute atomic E-state index is 0.0239. The molecule has 0 bridgehead atoms. The second-order valence-electron chi connectivity index (χ2n) is 6.87. The predicted octanol–water partition coefficient (Wildman–Crippen LogP) is 3.89.